The number of rotatable bonds is 6. The third kappa shape index (κ3) is 4.75. The predicted molar refractivity (Wildman–Crippen MR) is 183 cm³/mol. The standard InChI is InChI=1S/C39H26N3O2P/c43-45(30-19-9-3-10-20-30,31-21-11-4-12-22-31)35-26-29(25-34-36(35)32-23-13-14-24-33(32)44-34)39-41-37(27-15-5-1-6-16-27)40-38(42-39)28-17-7-2-8-18-28/h1-26H. The van der Waals surface area contributed by atoms with Crippen molar-refractivity contribution in [3.8, 4) is 34.2 Å². The van der Waals surface area contributed by atoms with Crippen LogP contribution in [0.25, 0.3) is 56.1 Å². The summed E-state index contributed by atoms with van der Waals surface area (Å²) in [6.45, 7) is 0. The molecule has 0 saturated carbocycles. The molecule has 5 nitrogen and oxygen atoms in total. The number of hydrogen-bond acceptors (Lipinski definition) is 5. The molecule has 8 rings (SSSR count). The van der Waals surface area contributed by atoms with E-state index in [2.05, 4.69) is 0 Å². The van der Waals surface area contributed by atoms with Crippen LogP contribution in [0.1, 0.15) is 0 Å². The van der Waals surface area contributed by atoms with Gasteiger partial charge in [0.2, 0.25) is 0 Å². The van der Waals surface area contributed by atoms with E-state index in [1.54, 1.807) is 0 Å². The maximum atomic E-state index is 15.8. The molecule has 0 atom stereocenters. The van der Waals surface area contributed by atoms with E-state index >= 15 is 4.57 Å². The highest BCUT2D eigenvalue weighted by Crippen LogP contribution is 2.47. The van der Waals surface area contributed by atoms with E-state index in [-0.39, 0.29) is 0 Å². The van der Waals surface area contributed by atoms with E-state index in [0.29, 0.717) is 33.9 Å². The van der Waals surface area contributed by atoms with Crippen LogP contribution < -0.4 is 15.9 Å². The Labute approximate surface area is 260 Å². The minimum absolute atomic E-state index is 0.471. The first kappa shape index (κ1) is 26.9. The lowest BCUT2D eigenvalue weighted by Crippen LogP contribution is -2.25. The Morgan fingerprint density at radius 1 is 0.444 bits per heavy atom. The Kier molecular flexibility index (Phi) is 6.66. The van der Waals surface area contributed by atoms with Crippen LogP contribution in [0.3, 0.4) is 0 Å². The van der Waals surface area contributed by atoms with Crippen LogP contribution in [-0.4, -0.2) is 15.0 Å². The monoisotopic (exact) mass is 599 g/mol. The van der Waals surface area contributed by atoms with Gasteiger partial charge in [-0.3, -0.25) is 0 Å². The number of furan rings is 1. The zero-order valence-electron chi connectivity index (χ0n) is 24.1. The number of fused-ring (bicyclic) bond motifs is 3. The van der Waals surface area contributed by atoms with Crippen molar-refractivity contribution in [2.24, 2.45) is 0 Å². The lowest BCUT2D eigenvalue weighted by molar-refractivity contribution is 0.592. The summed E-state index contributed by atoms with van der Waals surface area (Å²) < 4.78 is 22.3. The van der Waals surface area contributed by atoms with E-state index in [9.17, 15) is 0 Å². The lowest BCUT2D eigenvalue weighted by Gasteiger charge is -2.21. The fourth-order valence-electron chi connectivity index (χ4n) is 5.85. The van der Waals surface area contributed by atoms with Crippen LogP contribution in [0.4, 0.5) is 0 Å². The average Bonchev–Trinajstić information content (AvgIpc) is 3.51. The summed E-state index contributed by atoms with van der Waals surface area (Å²) in [6, 6.07) is 51.0. The van der Waals surface area contributed by atoms with E-state index in [4.69, 9.17) is 19.4 Å². The Morgan fingerprint density at radius 3 is 1.42 bits per heavy atom. The smallest absolute Gasteiger partial charge is 0.171 e. The molecule has 0 fully saturated rings. The van der Waals surface area contributed by atoms with Gasteiger partial charge in [0, 0.05) is 43.4 Å². The van der Waals surface area contributed by atoms with Crippen molar-refractivity contribution in [1.29, 1.82) is 0 Å². The first-order valence-corrected chi connectivity index (χ1v) is 16.4. The topological polar surface area (TPSA) is 68.9 Å². The Hall–Kier alpha value is -5.64. The molecular weight excluding hydrogens is 573 g/mol. The molecule has 0 aliphatic heterocycles. The quantitative estimate of drug-likeness (QED) is 0.180. The van der Waals surface area contributed by atoms with Crippen molar-refractivity contribution in [2.45, 2.75) is 0 Å². The summed E-state index contributed by atoms with van der Waals surface area (Å²) in [4.78, 5) is 14.8. The molecule has 0 aliphatic carbocycles. The molecule has 0 spiro atoms. The van der Waals surface area contributed by atoms with Crippen LogP contribution in [0, 0.1) is 0 Å². The number of aromatic nitrogens is 3. The second-order valence-electron chi connectivity index (χ2n) is 10.8. The molecule has 0 amide bonds. The highest BCUT2D eigenvalue weighted by molar-refractivity contribution is 7.85. The van der Waals surface area contributed by atoms with Crippen molar-refractivity contribution in [1.82, 2.24) is 15.0 Å². The molecule has 2 aromatic heterocycles. The van der Waals surface area contributed by atoms with Crippen molar-refractivity contribution in [3.63, 3.8) is 0 Å². The number of benzene rings is 6. The third-order valence-electron chi connectivity index (χ3n) is 7.99. The average molecular weight is 600 g/mol. The molecule has 6 heteroatoms. The maximum absolute atomic E-state index is 15.8. The van der Waals surface area contributed by atoms with Crippen LogP contribution in [0.15, 0.2) is 162 Å². The first-order chi connectivity index (χ1) is 22.2. The van der Waals surface area contributed by atoms with Gasteiger partial charge in [-0.05, 0) is 18.2 Å². The largest absolute Gasteiger partial charge is 0.456 e. The molecule has 0 radical (unpaired) electrons. The van der Waals surface area contributed by atoms with Crippen LogP contribution in [0.5, 0.6) is 0 Å². The van der Waals surface area contributed by atoms with Crippen molar-refractivity contribution in [2.75, 3.05) is 0 Å². The second kappa shape index (κ2) is 11.1. The van der Waals surface area contributed by atoms with Gasteiger partial charge in [0.05, 0.1) is 0 Å². The fourth-order valence-corrected chi connectivity index (χ4v) is 8.76. The van der Waals surface area contributed by atoms with Crippen LogP contribution in [-0.2, 0) is 4.57 Å². The zero-order chi connectivity index (χ0) is 30.2. The Bertz CT molecular complexity index is 2240. The SMILES string of the molecule is O=P(c1ccccc1)(c1ccccc1)c1cc(-c2nc(-c3ccccc3)nc(-c3ccccc3)n2)cc2oc3ccccc3c12. The van der Waals surface area contributed by atoms with Gasteiger partial charge in [0.15, 0.2) is 24.6 Å². The molecule has 214 valence electrons. The number of para-hydroxylation sites is 1. The van der Waals surface area contributed by atoms with Crippen LogP contribution >= 0.6 is 7.14 Å². The Morgan fingerprint density at radius 2 is 0.889 bits per heavy atom. The molecule has 45 heavy (non-hydrogen) atoms. The number of hydrogen-bond donors (Lipinski definition) is 0. The summed E-state index contributed by atoms with van der Waals surface area (Å²) in [6.07, 6.45) is 0. The van der Waals surface area contributed by atoms with Gasteiger partial charge in [-0.2, -0.15) is 0 Å². The summed E-state index contributed by atoms with van der Waals surface area (Å²) in [5.41, 5.74) is 3.80. The molecule has 0 saturated heterocycles. The minimum atomic E-state index is -3.41. The van der Waals surface area contributed by atoms with Crippen molar-refractivity contribution < 1.29 is 8.98 Å². The van der Waals surface area contributed by atoms with E-state index in [1.165, 1.54) is 0 Å². The zero-order valence-corrected chi connectivity index (χ0v) is 25.0. The van der Waals surface area contributed by atoms with Gasteiger partial charge in [-0.1, -0.05) is 140 Å². The summed E-state index contributed by atoms with van der Waals surface area (Å²) >= 11 is 0. The second-order valence-corrected chi connectivity index (χ2v) is 13.5. The van der Waals surface area contributed by atoms with Gasteiger partial charge < -0.3 is 8.98 Å². The van der Waals surface area contributed by atoms with Crippen molar-refractivity contribution >= 4 is 45.0 Å². The molecular formula is C39H26N3O2P. The molecule has 6 aromatic carbocycles. The molecule has 0 aliphatic rings. The fraction of sp³-hybridized carbons (Fsp3) is 0. The van der Waals surface area contributed by atoms with Gasteiger partial charge >= 0.3 is 0 Å². The minimum Gasteiger partial charge on any atom is -0.456 e. The molecule has 0 bridgehead atoms. The molecule has 2 heterocycles. The van der Waals surface area contributed by atoms with E-state index in [1.807, 2.05) is 158 Å². The molecule has 8 aromatic rings. The highest BCUT2D eigenvalue weighted by Gasteiger charge is 2.34. The van der Waals surface area contributed by atoms with E-state index < -0.39 is 7.14 Å². The van der Waals surface area contributed by atoms with Crippen molar-refractivity contribution in [3.05, 3.63) is 158 Å². The van der Waals surface area contributed by atoms with Gasteiger partial charge in [-0.15, -0.1) is 0 Å². The van der Waals surface area contributed by atoms with E-state index in [0.717, 1.165) is 38.1 Å². The Balaban J connectivity index is 1.46. The first-order valence-electron chi connectivity index (χ1n) is 14.7. The summed E-state index contributed by atoms with van der Waals surface area (Å²) in [7, 11) is -3.41. The third-order valence-corrected chi connectivity index (χ3v) is 11.1. The highest BCUT2D eigenvalue weighted by atomic mass is 31.2. The van der Waals surface area contributed by atoms with Gasteiger partial charge in [0.1, 0.15) is 11.2 Å². The molecule has 0 unspecified atom stereocenters. The predicted octanol–water partition coefficient (Wildman–Crippen LogP) is 8.41. The summed E-state index contributed by atoms with van der Waals surface area (Å²) in [5.74, 6) is 1.58. The normalized spacial score (nSPS) is 11.6. The van der Waals surface area contributed by atoms with Gasteiger partial charge in [-0.25, -0.2) is 15.0 Å². The van der Waals surface area contributed by atoms with Crippen LogP contribution in [0.2, 0.25) is 0 Å². The maximum Gasteiger partial charge on any atom is 0.171 e. The summed E-state index contributed by atoms with van der Waals surface area (Å²) in [5, 5.41) is 3.90. The molecule has 0 N–H and O–H groups in total. The number of nitrogens with zero attached hydrogens (tertiary/aromatic N) is 3. The lowest BCUT2D eigenvalue weighted by atomic mass is 10.1. The van der Waals surface area contributed by atoms with Gasteiger partial charge in [0.25, 0.3) is 0 Å².